The van der Waals surface area contributed by atoms with Gasteiger partial charge in [0.1, 0.15) is 0 Å². The topological polar surface area (TPSA) is 34.0 Å². The van der Waals surface area contributed by atoms with Crippen molar-refractivity contribution in [3.05, 3.63) is 121 Å². The number of nitrogens with zero attached hydrogens (tertiary/aromatic N) is 4. The van der Waals surface area contributed by atoms with E-state index >= 15 is 0 Å². The molecule has 3 heterocycles. The summed E-state index contributed by atoms with van der Waals surface area (Å²) in [6.45, 7) is 10.9. The Morgan fingerprint density at radius 1 is 0.846 bits per heavy atom. The number of hydrogen-bond acceptors (Lipinski definition) is 3. The summed E-state index contributed by atoms with van der Waals surface area (Å²) in [6, 6.07) is 31.7. The standard InChI is InChI=1S/C35H34N4/c1-4-20-38-21-19-31-26(5-2)24-39(34(31)25(38)3)30-18-12-17-29(22-30)33-23-32(27-13-8-6-9-14-27)36-35(37-33)28-15-10-7-11-16-28/h5-18,22-25H,2,4,19-21H2,1,3H3. The molecule has 0 bridgehead atoms. The van der Waals surface area contributed by atoms with Crippen molar-refractivity contribution in [3.8, 4) is 39.6 Å². The van der Waals surface area contributed by atoms with Crippen LogP contribution in [0.5, 0.6) is 0 Å². The van der Waals surface area contributed by atoms with Crippen LogP contribution in [0.25, 0.3) is 45.7 Å². The third-order valence-corrected chi connectivity index (χ3v) is 7.76. The lowest BCUT2D eigenvalue weighted by molar-refractivity contribution is 0.193. The van der Waals surface area contributed by atoms with E-state index in [9.17, 15) is 0 Å². The van der Waals surface area contributed by atoms with Gasteiger partial charge in [-0.1, -0.05) is 92.4 Å². The van der Waals surface area contributed by atoms with Gasteiger partial charge in [-0.2, -0.15) is 0 Å². The minimum Gasteiger partial charge on any atom is -0.318 e. The largest absolute Gasteiger partial charge is 0.318 e. The second-order valence-electron chi connectivity index (χ2n) is 10.2. The van der Waals surface area contributed by atoms with E-state index in [2.05, 4.69) is 103 Å². The van der Waals surface area contributed by atoms with Gasteiger partial charge in [-0.25, -0.2) is 9.97 Å². The Hall–Kier alpha value is -4.28. The molecule has 1 unspecified atom stereocenters. The van der Waals surface area contributed by atoms with Gasteiger partial charge in [0.05, 0.1) is 11.4 Å². The van der Waals surface area contributed by atoms with E-state index in [1.165, 1.54) is 16.8 Å². The summed E-state index contributed by atoms with van der Waals surface area (Å²) in [5.74, 6) is 0.730. The molecule has 4 heteroatoms. The molecule has 0 N–H and O–H groups in total. The lowest BCUT2D eigenvalue weighted by Crippen LogP contribution is -2.35. The average Bonchev–Trinajstić information content (AvgIpc) is 3.39. The maximum Gasteiger partial charge on any atom is 0.160 e. The Kier molecular flexibility index (Phi) is 6.95. The molecule has 1 aliphatic heterocycles. The molecule has 0 radical (unpaired) electrons. The van der Waals surface area contributed by atoms with Gasteiger partial charge in [-0.3, -0.25) is 4.90 Å². The van der Waals surface area contributed by atoms with Gasteiger partial charge >= 0.3 is 0 Å². The molecule has 0 fully saturated rings. The first kappa shape index (κ1) is 25.0. The molecule has 1 aliphatic rings. The molecule has 4 nitrogen and oxygen atoms in total. The SMILES string of the molecule is C=Cc1cn(-c2cccc(-c3cc(-c4ccccc4)nc(-c4ccccc4)n3)c2)c2c1CCN(CCC)C2C. The van der Waals surface area contributed by atoms with Crippen LogP contribution in [0.2, 0.25) is 0 Å². The highest BCUT2D eigenvalue weighted by Crippen LogP contribution is 2.36. The average molecular weight is 511 g/mol. The first-order valence-electron chi connectivity index (χ1n) is 13.9. The van der Waals surface area contributed by atoms with E-state index in [0.717, 1.165) is 65.5 Å². The van der Waals surface area contributed by atoms with Crippen molar-refractivity contribution in [1.29, 1.82) is 0 Å². The van der Waals surface area contributed by atoms with E-state index in [4.69, 9.17) is 9.97 Å². The van der Waals surface area contributed by atoms with Crippen LogP contribution in [-0.2, 0) is 6.42 Å². The Morgan fingerprint density at radius 2 is 1.51 bits per heavy atom. The quantitative estimate of drug-likeness (QED) is 0.221. The van der Waals surface area contributed by atoms with Crippen molar-refractivity contribution in [3.63, 3.8) is 0 Å². The predicted octanol–water partition coefficient (Wildman–Crippen LogP) is 8.24. The highest BCUT2D eigenvalue weighted by atomic mass is 15.2. The fourth-order valence-corrected chi connectivity index (χ4v) is 5.79. The number of hydrogen-bond donors (Lipinski definition) is 0. The fraction of sp³-hybridized carbons (Fsp3) is 0.200. The van der Waals surface area contributed by atoms with Crippen molar-refractivity contribution in [2.45, 2.75) is 32.7 Å². The van der Waals surface area contributed by atoms with E-state index in [0.29, 0.717) is 6.04 Å². The lowest BCUT2D eigenvalue weighted by atomic mass is 9.97. The van der Waals surface area contributed by atoms with Gasteiger partial charge in [0, 0.05) is 46.9 Å². The summed E-state index contributed by atoms with van der Waals surface area (Å²) in [7, 11) is 0. The highest BCUT2D eigenvalue weighted by Gasteiger charge is 2.29. The zero-order valence-electron chi connectivity index (χ0n) is 22.7. The number of benzene rings is 3. The first-order chi connectivity index (χ1) is 19.2. The number of rotatable bonds is 7. The van der Waals surface area contributed by atoms with Crippen molar-refractivity contribution in [1.82, 2.24) is 19.4 Å². The van der Waals surface area contributed by atoms with Crippen LogP contribution in [0.15, 0.2) is 104 Å². The van der Waals surface area contributed by atoms with E-state index < -0.39 is 0 Å². The van der Waals surface area contributed by atoms with Crippen molar-refractivity contribution in [2.24, 2.45) is 0 Å². The van der Waals surface area contributed by atoms with Crippen LogP contribution >= 0.6 is 0 Å². The van der Waals surface area contributed by atoms with Crippen LogP contribution in [0.4, 0.5) is 0 Å². The molecule has 1 atom stereocenters. The summed E-state index contributed by atoms with van der Waals surface area (Å²) >= 11 is 0. The van der Waals surface area contributed by atoms with Gasteiger partial charge in [0.25, 0.3) is 0 Å². The van der Waals surface area contributed by atoms with E-state index in [-0.39, 0.29) is 0 Å². The fourth-order valence-electron chi connectivity index (χ4n) is 5.79. The summed E-state index contributed by atoms with van der Waals surface area (Å²) < 4.78 is 2.37. The van der Waals surface area contributed by atoms with Crippen molar-refractivity contribution < 1.29 is 0 Å². The Bertz CT molecular complexity index is 1540. The molecule has 0 spiro atoms. The molecule has 0 saturated carbocycles. The molecule has 0 aliphatic carbocycles. The number of aromatic nitrogens is 3. The van der Waals surface area contributed by atoms with Crippen LogP contribution in [0, 0.1) is 0 Å². The van der Waals surface area contributed by atoms with Crippen LogP contribution in [0.3, 0.4) is 0 Å². The molecule has 3 aromatic carbocycles. The maximum atomic E-state index is 5.05. The normalized spacial score (nSPS) is 15.2. The van der Waals surface area contributed by atoms with E-state index in [1.807, 2.05) is 30.3 Å². The third kappa shape index (κ3) is 4.84. The Morgan fingerprint density at radius 3 is 2.21 bits per heavy atom. The molecule has 2 aromatic heterocycles. The predicted molar refractivity (Wildman–Crippen MR) is 162 cm³/mol. The number of fused-ring (bicyclic) bond motifs is 1. The molecule has 0 saturated heterocycles. The van der Waals surface area contributed by atoms with Crippen molar-refractivity contribution in [2.75, 3.05) is 13.1 Å². The van der Waals surface area contributed by atoms with E-state index in [1.54, 1.807) is 0 Å². The summed E-state index contributed by atoms with van der Waals surface area (Å²) in [5.41, 5.74) is 10.2. The van der Waals surface area contributed by atoms with Gasteiger partial charge in [0.15, 0.2) is 5.82 Å². The highest BCUT2D eigenvalue weighted by molar-refractivity contribution is 5.73. The molecule has 194 valence electrons. The van der Waals surface area contributed by atoms with Gasteiger partial charge in [0.2, 0.25) is 0 Å². The first-order valence-corrected chi connectivity index (χ1v) is 13.9. The van der Waals surface area contributed by atoms with Gasteiger partial charge in [-0.05, 0) is 55.6 Å². The molecular formula is C35H34N4. The van der Waals surface area contributed by atoms with Crippen LogP contribution in [0.1, 0.15) is 43.1 Å². The van der Waals surface area contributed by atoms with Crippen LogP contribution < -0.4 is 0 Å². The summed E-state index contributed by atoms with van der Waals surface area (Å²) in [5, 5.41) is 0. The second kappa shape index (κ2) is 10.8. The summed E-state index contributed by atoms with van der Waals surface area (Å²) in [4.78, 5) is 12.6. The molecule has 5 aromatic rings. The Labute approximate surface area is 231 Å². The molecular weight excluding hydrogens is 476 g/mol. The zero-order chi connectivity index (χ0) is 26.8. The van der Waals surface area contributed by atoms with Gasteiger partial charge < -0.3 is 4.57 Å². The minimum absolute atomic E-state index is 0.347. The molecule has 0 amide bonds. The third-order valence-electron chi connectivity index (χ3n) is 7.76. The molecule has 6 rings (SSSR count). The van der Waals surface area contributed by atoms with Gasteiger partial charge in [-0.15, -0.1) is 0 Å². The van der Waals surface area contributed by atoms with Crippen molar-refractivity contribution >= 4 is 6.08 Å². The zero-order valence-corrected chi connectivity index (χ0v) is 22.7. The monoisotopic (exact) mass is 510 g/mol. The smallest absolute Gasteiger partial charge is 0.160 e. The second-order valence-corrected chi connectivity index (χ2v) is 10.2. The molecule has 39 heavy (non-hydrogen) atoms. The van der Waals surface area contributed by atoms with Crippen LogP contribution in [-0.4, -0.2) is 32.5 Å². The Balaban J connectivity index is 1.48. The summed E-state index contributed by atoms with van der Waals surface area (Å²) in [6.07, 6.45) is 6.48. The maximum absolute atomic E-state index is 5.05. The lowest BCUT2D eigenvalue weighted by Gasteiger charge is -2.35. The minimum atomic E-state index is 0.347.